The largest absolute Gasteiger partial charge is 0.394 e. The lowest BCUT2D eigenvalue weighted by molar-refractivity contribution is -0.389. The van der Waals surface area contributed by atoms with E-state index < -0.39 is 142 Å². The first-order valence-corrected chi connectivity index (χ1v) is 27.1. The van der Waals surface area contributed by atoms with Gasteiger partial charge in [0.25, 0.3) is 0 Å². The third kappa shape index (κ3) is 10.2. The molecule has 0 amide bonds. The molecule has 9 fully saturated rings. The minimum Gasteiger partial charge on any atom is -0.394 e. The highest BCUT2D eigenvalue weighted by Crippen LogP contribution is 2.71. The summed E-state index contributed by atoms with van der Waals surface area (Å²) >= 11 is 0. The third-order valence-corrected chi connectivity index (χ3v) is 20.0. The van der Waals surface area contributed by atoms with Crippen molar-refractivity contribution in [2.75, 3.05) is 19.8 Å². The van der Waals surface area contributed by atoms with E-state index in [0.717, 1.165) is 38.5 Å². The molecule has 0 aromatic heterocycles. The Morgan fingerprint density at radius 2 is 1.14 bits per heavy atom. The lowest BCUT2D eigenvalue weighted by Crippen LogP contribution is -2.66. The number of hydrogen-bond acceptors (Lipinski definition) is 22. The van der Waals surface area contributed by atoms with E-state index >= 15 is 0 Å². The van der Waals surface area contributed by atoms with Gasteiger partial charge in [-0.25, -0.2) is 0 Å². The van der Waals surface area contributed by atoms with E-state index in [4.69, 9.17) is 42.6 Å². The van der Waals surface area contributed by atoms with Gasteiger partial charge in [0.15, 0.2) is 30.9 Å². The monoisotopic (exact) mass is 1050 g/mol. The minimum absolute atomic E-state index is 0.00150. The van der Waals surface area contributed by atoms with Crippen LogP contribution in [0.3, 0.4) is 0 Å². The summed E-state index contributed by atoms with van der Waals surface area (Å²) < 4.78 is 54.7. The Bertz CT molecular complexity index is 1840. The molecular weight excluding hydrogens is 965 g/mol. The molecule has 9 aliphatic rings. The number of rotatable bonds is 14. The fourth-order valence-electron chi connectivity index (χ4n) is 15.5. The summed E-state index contributed by atoms with van der Waals surface area (Å²) in [6.07, 6.45) is -21.1. The first-order chi connectivity index (χ1) is 34.5. The second-order valence-electron chi connectivity index (χ2n) is 24.2. The highest BCUT2D eigenvalue weighted by molar-refractivity contribution is 5.15. The highest BCUT2D eigenvalue weighted by atomic mass is 16.8. The van der Waals surface area contributed by atoms with Crippen molar-refractivity contribution in [2.45, 2.75) is 247 Å². The lowest BCUT2D eigenvalue weighted by Gasteiger charge is -2.61. The second-order valence-corrected chi connectivity index (χ2v) is 24.2. The predicted molar refractivity (Wildman–Crippen MR) is 249 cm³/mol. The van der Waals surface area contributed by atoms with Crippen LogP contribution in [0.1, 0.15) is 106 Å². The van der Waals surface area contributed by atoms with Crippen molar-refractivity contribution < 1.29 is 109 Å². The van der Waals surface area contributed by atoms with Gasteiger partial charge in [-0.2, -0.15) is 0 Å². The maximum Gasteiger partial charge on any atom is 0.187 e. The van der Waals surface area contributed by atoms with E-state index in [-0.39, 0.29) is 53.3 Å². The standard InChI is InChI=1S/C51H86O22/c1-20(19-65-45-39(60)38(59)35(56)30(17-52)69-45)9-14-51(64)21(2)32-29(73-51)16-28-26-8-7-24-15-25(10-12-49(24,5)27(26)11-13-50(28,32)6)68-48-44(72-47-41(62)37(58)34(55)23(4)67-47)42(63)43(31(18-53)70-48)71-46-40(61)36(57)33(54)22(3)66-46/h20-48,52-64H,7-19H2,1-6H3/t20-,21-,22+,23+,24+,25-,26+,27+,28+,29-,30+,31+,32-,33+,34+,35+,36-,37-,38-,39+,40+,41+,42-,43+,44+,45+,46-,47-,48+,49+,50-,51+/m1/s1. The molecule has 0 radical (unpaired) electrons. The zero-order chi connectivity index (χ0) is 52.8. The molecule has 9 rings (SSSR count). The van der Waals surface area contributed by atoms with Gasteiger partial charge in [-0.05, 0) is 118 Å². The summed E-state index contributed by atoms with van der Waals surface area (Å²) in [6.45, 7) is 10.8. The quantitative estimate of drug-likeness (QED) is 0.0845. The summed E-state index contributed by atoms with van der Waals surface area (Å²) in [5, 5.41) is 139. The summed E-state index contributed by atoms with van der Waals surface area (Å²) in [6, 6.07) is 0. The van der Waals surface area contributed by atoms with E-state index in [1.165, 1.54) is 13.8 Å². The number of fused-ring (bicyclic) bond motifs is 7. The van der Waals surface area contributed by atoms with Crippen LogP contribution in [0.4, 0.5) is 0 Å². The normalized spacial score (nSPS) is 56.6. The summed E-state index contributed by atoms with van der Waals surface area (Å²) in [7, 11) is 0. The average Bonchev–Trinajstić information content (AvgIpc) is 3.80. The first-order valence-electron chi connectivity index (χ1n) is 27.1. The van der Waals surface area contributed by atoms with Gasteiger partial charge in [-0.3, -0.25) is 0 Å². The average molecular weight is 1050 g/mol. The van der Waals surface area contributed by atoms with Crippen molar-refractivity contribution in [3.05, 3.63) is 0 Å². The van der Waals surface area contributed by atoms with E-state index in [1.54, 1.807) is 0 Å². The molecule has 73 heavy (non-hydrogen) atoms. The lowest BCUT2D eigenvalue weighted by atomic mass is 9.44. The molecule has 5 heterocycles. The molecule has 22 heteroatoms. The van der Waals surface area contributed by atoms with Crippen molar-refractivity contribution >= 4 is 0 Å². The predicted octanol–water partition coefficient (Wildman–Crippen LogP) is -1.90. The Kier molecular flexibility index (Phi) is 17.1. The van der Waals surface area contributed by atoms with Crippen LogP contribution < -0.4 is 0 Å². The zero-order valence-electron chi connectivity index (χ0n) is 42.9. The SMILES string of the molecule is C[C@H](CC[C@]1(O)O[C@@H]2C[C@H]3[C@H]4CC[C@H]5C[C@H](O[C@H]6O[C@@H](CO)[C@H](O[C@H]7O[C@@H](C)[C@H](O)[C@@H](O)[C@@H]7O)[C@@H](O)[C@@H]6O[C@H]6O[C@@H](C)[C@H](O)[C@@H](O)[C@@H]6O)CC[C@]5(C)[C@H]4CC[C@@]3(C)[C@@H]2[C@H]1C)CO[C@H]1O[C@@H](CO)[C@H](O)[C@@H](O)[C@@H]1O. The molecule has 13 N–H and O–H groups in total. The van der Waals surface area contributed by atoms with Crippen LogP contribution in [0.15, 0.2) is 0 Å². The topological polar surface area (TPSA) is 346 Å². The van der Waals surface area contributed by atoms with Crippen molar-refractivity contribution in [2.24, 2.45) is 52.3 Å². The number of ether oxygens (including phenoxy) is 9. The molecule has 32 atom stereocenters. The third-order valence-electron chi connectivity index (χ3n) is 20.0. The van der Waals surface area contributed by atoms with Gasteiger partial charge in [0.1, 0.15) is 85.5 Å². The van der Waals surface area contributed by atoms with Crippen molar-refractivity contribution in [3.8, 4) is 0 Å². The van der Waals surface area contributed by atoms with Gasteiger partial charge < -0.3 is 109 Å². The molecule has 0 aromatic rings. The Labute approximate surface area is 426 Å². The Morgan fingerprint density at radius 3 is 1.77 bits per heavy atom. The van der Waals surface area contributed by atoms with Gasteiger partial charge in [0.05, 0.1) is 44.2 Å². The maximum absolute atomic E-state index is 12.1. The fraction of sp³-hybridized carbons (Fsp3) is 1.00. The van der Waals surface area contributed by atoms with E-state index in [9.17, 15) is 66.4 Å². The fourth-order valence-corrected chi connectivity index (χ4v) is 15.5. The van der Waals surface area contributed by atoms with E-state index in [2.05, 4.69) is 20.8 Å². The van der Waals surface area contributed by atoms with Crippen LogP contribution in [0.2, 0.25) is 0 Å². The molecule has 4 aliphatic carbocycles. The minimum atomic E-state index is -1.74. The Balaban J connectivity index is 0.830. The van der Waals surface area contributed by atoms with Gasteiger partial charge in [-0.1, -0.05) is 27.7 Å². The molecule has 0 spiro atoms. The van der Waals surface area contributed by atoms with Crippen LogP contribution >= 0.6 is 0 Å². The van der Waals surface area contributed by atoms with Crippen LogP contribution in [0.5, 0.6) is 0 Å². The molecular formula is C51H86O22. The molecule has 22 nitrogen and oxygen atoms in total. The molecule has 0 unspecified atom stereocenters. The van der Waals surface area contributed by atoms with E-state index in [1.807, 2.05) is 6.92 Å². The zero-order valence-corrected chi connectivity index (χ0v) is 42.9. The molecule has 422 valence electrons. The van der Waals surface area contributed by atoms with Crippen LogP contribution in [-0.2, 0) is 42.6 Å². The smallest absolute Gasteiger partial charge is 0.187 e. The van der Waals surface area contributed by atoms with Crippen LogP contribution in [0.25, 0.3) is 0 Å². The number of aliphatic hydroxyl groups is 13. The summed E-state index contributed by atoms with van der Waals surface area (Å²) in [5.41, 5.74) is -0.0281. The van der Waals surface area contributed by atoms with Gasteiger partial charge in [-0.15, -0.1) is 0 Å². The van der Waals surface area contributed by atoms with Crippen molar-refractivity contribution in [1.82, 2.24) is 0 Å². The Morgan fingerprint density at radius 1 is 0.562 bits per heavy atom. The maximum atomic E-state index is 12.1. The molecule has 0 aromatic carbocycles. The summed E-state index contributed by atoms with van der Waals surface area (Å²) in [4.78, 5) is 0. The molecule has 4 saturated carbocycles. The molecule has 0 bridgehead atoms. The van der Waals surface area contributed by atoms with Crippen LogP contribution in [-0.4, -0.2) is 227 Å². The van der Waals surface area contributed by atoms with Crippen molar-refractivity contribution in [3.63, 3.8) is 0 Å². The van der Waals surface area contributed by atoms with E-state index in [0.29, 0.717) is 43.4 Å². The van der Waals surface area contributed by atoms with Gasteiger partial charge in [0.2, 0.25) is 0 Å². The molecule has 5 aliphatic heterocycles. The van der Waals surface area contributed by atoms with Crippen LogP contribution in [0, 0.1) is 52.3 Å². The van der Waals surface area contributed by atoms with Gasteiger partial charge in [0, 0.05) is 12.3 Å². The number of aliphatic hydroxyl groups excluding tert-OH is 12. The first kappa shape index (κ1) is 56.8. The highest BCUT2D eigenvalue weighted by Gasteiger charge is 2.68. The van der Waals surface area contributed by atoms with Gasteiger partial charge >= 0.3 is 0 Å². The molecule has 5 saturated heterocycles. The second kappa shape index (κ2) is 22.0. The number of hydrogen-bond donors (Lipinski definition) is 13. The van der Waals surface area contributed by atoms with Crippen molar-refractivity contribution in [1.29, 1.82) is 0 Å². The summed E-state index contributed by atoms with van der Waals surface area (Å²) in [5.74, 6) is 0.300. The Hall–Kier alpha value is -0.880.